The highest BCUT2D eigenvalue weighted by molar-refractivity contribution is 5.92. The third-order valence-corrected chi connectivity index (χ3v) is 6.00. The standard InChI is InChI=1S/C28H26N6O4.2H2/c1-29-27(35)23-15-20(11-12-30-23)38-19-7-8-24-21(14-19)32-28(34(24)2)33-22-13-17(5-9-25(22)36-3)18-6-10-26(37-4)31-16-18;;/h5-16H,1-4H3,(H,29,35)(H,32,33);2*1H. The lowest BCUT2D eigenvalue weighted by Crippen LogP contribution is -2.18. The van der Waals surface area contributed by atoms with Crippen LogP contribution in [0, 0.1) is 0 Å². The van der Waals surface area contributed by atoms with E-state index in [4.69, 9.17) is 19.2 Å². The lowest BCUT2D eigenvalue weighted by molar-refractivity contribution is 0.0958. The molecule has 0 saturated heterocycles. The van der Waals surface area contributed by atoms with Gasteiger partial charge in [-0.15, -0.1) is 0 Å². The molecule has 3 heterocycles. The third kappa shape index (κ3) is 4.92. The van der Waals surface area contributed by atoms with Crippen LogP contribution in [0.1, 0.15) is 13.3 Å². The van der Waals surface area contributed by atoms with Gasteiger partial charge in [-0.2, -0.15) is 0 Å². The van der Waals surface area contributed by atoms with E-state index in [1.165, 1.54) is 6.20 Å². The second kappa shape index (κ2) is 10.5. The van der Waals surface area contributed by atoms with Gasteiger partial charge in [0.15, 0.2) is 0 Å². The quantitative estimate of drug-likeness (QED) is 0.282. The molecule has 1 amide bonds. The van der Waals surface area contributed by atoms with Crippen LogP contribution in [-0.2, 0) is 7.05 Å². The molecule has 0 unspecified atom stereocenters. The Labute approximate surface area is 222 Å². The Morgan fingerprint density at radius 1 is 0.921 bits per heavy atom. The predicted molar refractivity (Wildman–Crippen MR) is 149 cm³/mol. The van der Waals surface area contributed by atoms with E-state index in [9.17, 15) is 4.79 Å². The molecule has 10 nitrogen and oxygen atoms in total. The number of rotatable bonds is 8. The fourth-order valence-corrected chi connectivity index (χ4v) is 4.00. The number of imidazole rings is 1. The number of amides is 1. The van der Waals surface area contributed by atoms with Gasteiger partial charge in [-0.25, -0.2) is 9.97 Å². The molecule has 0 fully saturated rings. The van der Waals surface area contributed by atoms with Crippen molar-refractivity contribution in [3.05, 3.63) is 78.8 Å². The van der Waals surface area contributed by atoms with Crippen LogP contribution in [0.5, 0.6) is 23.1 Å². The Bertz CT molecular complexity index is 1630. The van der Waals surface area contributed by atoms with Crippen LogP contribution >= 0.6 is 0 Å². The molecule has 3 aromatic heterocycles. The highest BCUT2D eigenvalue weighted by Crippen LogP contribution is 2.34. The van der Waals surface area contributed by atoms with Gasteiger partial charge in [0.2, 0.25) is 11.8 Å². The third-order valence-electron chi connectivity index (χ3n) is 6.00. The zero-order valence-electron chi connectivity index (χ0n) is 21.4. The van der Waals surface area contributed by atoms with E-state index in [1.807, 2.05) is 60.1 Å². The maximum Gasteiger partial charge on any atom is 0.269 e. The zero-order chi connectivity index (χ0) is 26.6. The Hall–Kier alpha value is -5.12. The molecular weight excluding hydrogens is 484 g/mol. The molecule has 0 aliphatic carbocycles. The summed E-state index contributed by atoms with van der Waals surface area (Å²) in [5.41, 5.74) is 4.59. The summed E-state index contributed by atoms with van der Waals surface area (Å²) in [5.74, 6) is 2.67. The van der Waals surface area contributed by atoms with Crippen molar-refractivity contribution in [2.24, 2.45) is 7.05 Å². The van der Waals surface area contributed by atoms with E-state index >= 15 is 0 Å². The van der Waals surface area contributed by atoms with Crippen molar-refractivity contribution in [1.29, 1.82) is 0 Å². The predicted octanol–water partition coefficient (Wildman–Crippen LogP) is 5.44. The lowest BCUT2D eigenvalue weighted by Gasteiger charge is -2.13. The number of aromatic nitrogens is 4. The van der Waals surface area contributed by atoms with Crippen LogP contribution < -0.4 is 24.8 Å². The maximum absolute atomic E-state index is 11.9. The maximum atomic E-state index is 11.9. The number of carbonyl (C=O) groups excluding carboxylic acids is 1. The van der Waals surface area contributed by atoms with Gasteiger partial charge in [0.25, 0.3) is 5.91 Å². The van der Waals surface area contributed by atoms with Gasteiger partial charge in [-0.3, -0.25) is 9.78 Å². The largest absolute Gasteiger partial charge is 0.495 e. The first-order chi connectivity index (χ1) is 18.5. The fraction of sp³-hybridized carbons (Fsp3) is 0.143. The van der Waals surface area contributed by atoms with E-state index in [0.29, 0.717) is 29.1 Å². The van der Waals surface area contributed by atoms with Crippen molar-refractivity contribution in [1.82, 2.24) is 24.8 Å². The molecule has 0 bridgehead atoms. The first-order valence-corrected chi connectivity index (χ1v) is 11.8. The highest BCUT2D eigenvalue weighted by Gasteiger charge is 2.14. The van der Waals surface area contributed by atoms with Crippen molar-refractivity contribution < 1.29 is 21.9 Å². The average Bonchev–Trinajstić information content (AvgIpc) is 3.26. The number of hydrogen-bond acceptors (Lipinski definition) is 8. The monoisotopic (exact) mass is 514 g/mol. The molecule has 0 saturated carbocycles. The number of nitrogens with one attached hydrogen (secondary N) is 2. The van der Waals surface area contributed by atoms with Crippen molar-refractivity contribution in [3.8, 4) is 34.3 Å². The first kappa shape index (κ1) is 24.6. The van der Waals surface area contributed by atoms with E-state index in [2.05, 4.69) is 20.6 Å². The van der Waals surface area contributed by atoms with Crippen molar-refractivity contribution in [2.75, 3.05) is 26.6 Å². The lowest BCUT2D eigenvalue weighted by atomic mass is 10.1. The van der Waals surface area contributed by atoms with Gasteiger partial charge in [0.05, 0.1) is 30.9 Å². The van der Waals surface area contributed by atoms with Crippen molar-refractivity contribution >= 4 is 28.6 Å². The highest BCUT2D eigenvalue weighted by atomic mass is 16.5. The number of ether oxygens (including phenoxy) is 3. The van der Waals surface area contributed by atoms with Gasteiger partial charge < -0.3 is 29.4 Å². The smallest absolute Gasteiger partial charge is 0.269 e. The summed E-state index contributed by atoms with van der Waals surface area (Å²) in [5, 5.41) is 5.95. The van der Waals surface area contributed by atoms with Crippen LogP contribution in [0.2, 0.25) is 0 Å². The average molecular weight is 515 g/mol. The molecule has 0 aliphatic heterocycles. The minimum absolute atomic E-state index is 0. The Morgan fingerprint density at radius 3 is 2.47 bits per heavy atom. The van der Waals surface area contributed by atoms with E-state index in [0.717, 1.165) is 27.8 Å². The summed E-state index contributed by atoms with van der Waals surface area (Å²) in [6.45, 7) is 0. The summed E-state index contributed by atoms with van der Waals surface area (Å²) in [7, 11) is 6.70. The number of pyridine rings is 2. The molecule has 5 rings (SSSR count). The molecular formula is C28H30N6O4. The normalized spacial score (nSPS) is 10.7. The van der Waals surface area contributed by atoms with Crippen LogP contribution in [0.4, 0.5) is 11.6 Å². The molecule has 0 spiro atoms. The van der Waals surface area contributed by atoms with Crippen molar-refractivity contribution in [2.45, 2.75) is 0 Å². The SMILES string of the molecule is CNC(=O)c1cc(Oc2ccc3c(c2)nc(Nc2cc(-c4ccc(OC)nc4)ccc2OC)n3C)ccn1.[HH].[HH]. The summed E-state index contributed by atoms with van der Waals surface area (Å²) in [6.07, 6.45) is 3.30. The molecule has 196 valence electrons. The number of methoxy groups -OCH3 is 2. The number of anilines is 2. The van der Waals surface area contributed by atoms with Crippen LogP contribution in [0.3, 0.4) is 0 Å². The Balaban J connectivity index is 0.00000220. The van der Waals surface area contributed by atoms with Gasteiger partial charge in [0, 0.05) is 53.1 Å². The molecule has 0 atom stereocenters. The van der Waals surface area contributed by atoms with E-state index in [1.54, 1.807) is 39.6 Å². The van der Waals surface area contributed by atoms with Crippen LogP contribution in [0.25, 0.3) is 22.2 Å². The number of benzene rings is 2. The molecule has 0 radical (unpaired) electrons. The zero-order valence-corrected chi connectivity index (χ0v) is 21.4. The number of aryl methyl sites for hydroxylation is 1. The van der Waals surface area contributed by atoms with Gasteiger partial charge in [-0.05, 0) is 42.0 Å². The fourth-order valence-electron chi connectivity index (χ4n) is 4.00. The van der Waals surface area contributed by atoms with Gasteiger partial charge in [-0.1, -0.05) is 6.07 Å². The molecule has 2 N–H and O–H groups in total. The van der Waals surface area contributed by atoms with Gasteiger partial charge in [0.1, 0.15) is 22.9 Å². The molecule has 5 aromatic rings. The Morgan fingerprint density at radius 2 is 1.74 bits per heavy atom. The number of fused-ring (bicyclic) bond motifs is 1. The summed E-state index contributed by atoms with van der Waals surface area (Å²) < 4.78 is 18.7. The van der Waals surface area contributed by atoms with Crippen LogP contribution in [-0.4, -0.2) is 46.7 Å². The van der Waals surface area contributed by atoms with E-state index in [-0.39, 0.29) is 14.5 Å². The van der Waals surface area contributed by atoms with Crippen LogP contribution in [0.15, 0.2) is 73.1 Å². The second-order valence-electron chi connectivity index (χ2n) is 8.33. The van der Waals surface area contributed by atoms with E-state index < -0.39 is 0 Å². The molecule has 0 aliphatic rings. The number of nitrogens with zero attached hydrogens (tertiary/aromatic N) is 4. The Kier molecular flexibility index (Phi) is 6.77. The molecule has 10 heteroatoms. The minimum Gasteiger partial charge on any atom is -0.495 e. The summed E-state index contributed by atoms with van der Waals surface area (Å²) in [4.78, 5) is 25.0. The summed E-state index contributed by atoms with van der Waals surface area (Å²) >= 11 is 0. The summed E-state index contributed by atoms with van der Waals surface area (Å²) in [6, 6.07) is 18.6. The number of carbonyl (C=O) groups is 1. The number of hydrogen-bond donors (Lipinski definition) is 2. The minimum atomic E-state index is -0.283. The van der Waals surface area contributed by atoms with Crippen molar-refractivity contribution in [3.63, 3.8) is 0 Å². The molecule has 2 aromatic carbocycles. The first-order valence-electron chi connectivity index (χ1n) is 11.8. The molecule has 38 heavy (non-hydrogen) atoms. The topological polar surface area (TPSA) is 112 Å². The second-order valence-corrected chi connectivity index (χ2v) is 8.33. The van der Waals surface area contributed by atoms with Gasteiger partial charge >= 0.3 is 0 Å².